The van der Waals surface area contributed by atoms with Crippen LogP contribution in [0.25, 0.3) is 93.6 Å². The van der Waals surface area contributed by atoms with Crippen molar-refractivity contribution in [1.82, 2.24) is 13.7 Å². The second-order valence-electron chi connectivity index (χ2n) is 12.7. The molecule has 0 unspecified atom stereocenters. The summed E-state index contributed by atoms with van der Waals surface area (Å²) in [7, 11) is 0. The molecule has 0 aliphatic carbocycles. The van der Waals surface area contributed by atoms with E-state index in [0.717, 1.165) is 65.8 Å². The van der Waals surface area contributed by atoms with Crippen LogP contribution in [0.2, 0.25) is 0 Å². The average Bonchev–Trinajstić information content (AvgIpc) is 3.92. The number of hydrogen-bond donors (Lipinski definition) is 0. The molecular formula is C48H31N3. The van der Waals surface area contributed by atoms with Crippen molar-refractivity contribution in [2.75, 3.05) is 0 Å². The number of para-hydroxylation sites is 6. The Morgan fingerprint density at radius 2 is 0.843 bits per heavy atom. The van der Waals surface area contributed by atoms with Crippen LogP contribution >= 0.6 is 0 Å². The molecule has 3 heterocycles. The summed E-state index contributed by atoms with van der Waals surface area (Å²) in [6.07, 6.45) is 0. The first-order valence-corrected chi connectivity index (χ1v) is 16.8. The van der Waals surface area contributed by atoms with Gasteiger partial charge in [-0.2, -0.15) is 0 Å². The highest BCUT2D eigenvalue weighted by atomic mass is 15.1. The smallest absolute Gasteiger partial charge is 0.0782 e. The van der Waals surface area contributed by atoms with Gasteiger partial charge in [0.25, 0.3) is 0 Å². The summed E-state index contributed by atoms with van der Waals surface area (Å²) in [5.74, 6) is 0. The third kappa shape index (κ3) is 4.00. The molecule has 238 valence electrons. The van der Waals surface area contributed by atoms with E-state index in [2.05, 4.69) is 94.1 Å². The van der Waals surface area contributed by atoms with E-state index in [-0.39, 0.29) is 16.8 Å². The highest BCUT2D eigenvalue weighted by Crippen LogP contribution is 2.42. The summed E-state index contributed by atoms with van der Waals surface area (Å²) in [4.78, 5) is 0. The molecule has 0 saturated carbocycles. The van der Waals surface area contributed by atoms with E-state index in [1.165, 1.54) is 0 Å². The van der Waals surface area contributed by atoms with Crippen LogP contribution in [0.1, 0.15) is 12.3 Å². The van der Waals surface area contributed by atoms with Crippen molar-refractivity contribution in [3.63, 3.8) is 0 Å². The first kappa shape index (κ1) is 20.6. The molecule has 0 aliphatic rings. The van der Waals surface area contributed by atoms with Crippen LogP contribution in [-0.4, -0.2) is 13.7 Å². The lowest BCUT2D eigenvalue weighted by atomic mass is 10.0. The van der Waals surface area contributed by atoms with Crippen molar-refractivity contribution in [2.24, 2.45) is 0 Å². The molecule has 11 aromatic rings. The minimum Gasteiger partial charge on any atom is -0.309 e. The summed E-state index contributed by atoms with van der Waals surface area (Å²) in [5.41, 5.74) is 6.55. The van der Waals surface area contributed by atoms with Crippen LogP contribution in [0.5, 0.6) is 0 Å². The number of hydrogen-bond acceptors (Lipinski definition) is 0. The highest BCUT2D eigenvalue weighted by Gasteiger charge is 2.21. The molecule has 0 saturated heterocycles. The zero-order valence-corrected chi connectivity index (χ0v) is 27.0. The standard InChI is InChI=1S/C48H31N3/c1-2-15-32(16-3-1)34-17-4-9-23-41(34)51-45-27-13-7-20-37(45)39-30-29-33(31-47(39)51)49-42-24-10-8-21-38(42)40-22-14-28-46(48(40)49)50-43-25-11-5-18-35(43)36-19-6-12-26-44(36)50/h1-31H/i1D,2D,3D,4D,9D,15D,16D,17D,23D. The van der Waals surface area contributed by atoms with Gasteiger partial charge < -0.3 is 13.7 Å². The molecule has 3 heteroatoms. The van der Waals surface area contributed by atoms with E-state index in [4.69, 9.17) is 9.60 Å². The van der Waals surface area contributed by atoms with Crippen molar-refractivity contribution < 1.29 is 12.3 Å². The lowest BCUT2D eigenvalue weighted by Gasteiger charge is -2.16. The Hall–Kier alpha value is -6.84. The Morgan fingerprint density at radius 3 is 1.49 bits per heavy atom. The van der Waals surface area contributed by atoms with Crippen LogP contribution in [0.4, 0.5) is 0 Å². The zero-order valence-electron chi connectivity index (χ0n) is 36.0. The minimum atomic E-state index is -0.598. The van der Waals surface area contributed by atoms with Crippen LogP contribution < -0.4 is 0 Å². The Kier molecular flexibility index (Phi) is 4.38. The van der Waals surface area contributed by atoms with Crippen molar-refractivity contribution in [1.29, 1.82) is 0 Å². The molecule has 8 aromatic carbocycles. The fraction of sp³-hybridized carbons (Fsp3) is 0. The van der Waals surface area contributed by atoms with Crippen molar-refractivity contribution >= 4 is 65.4 Å². The number of fused-ring (bicyclic) bond motifs is 9. The Labute approximate surface area is 307 Å². The molecule has 0 aliphatic heterocycles. The summed E-state index contributed by atoms with van der Waals surface area (Å²) in [6.45, 7) is 0. The average molecular weight is 659 g/mol. The van der Waals surface area contributed by atoms with Crippen molar-refractivity contribution in [3.8, 4) is 28.2 Å². The second kappa shape index (κ2) is 10.8. The first-order valence-electron chi connectivity index (χ1n) is 21.3. The first-order chi connectivity index (χ1) is 29.1. The number of aromatic nitrogens is 3. The van der Waals surface area contributed by atoms with E-state index < -0.39 is 54.4 Å². The third-order valence-electron chi connectivity index (χ3n) is 10.1. The molecule has 3 nitrogen and oxygen atoms in total. The van der Waals surface area contributed by atoms with Crippen LogP contribution in [0, 0.1) is 0 Å². The highest BCUT2D eigenvalue weighted by molar-refractivity contribution is 6.16. The largest absolute Gasteiger partial charge is 0.309 e. The third-order valence-corrected chi connectivity index (χ3v) is 10.1. The molecule has 3 aromatic heterocycles. The number of benzene rings is 8. The fourth-order valence-corrected chi connectivity index (χ4v) is 8.00. The van der Waals surface area contributed by atoms with Gasteiger partial charge in [-0.1, -0.05) is 139 Å². The molecule has 11 rings (SSSR count). The van der Waals surface area contributed by atoms with Gasteiger partial charge in [-0.25, -0.2) is 0 Å². The number of rotatable bonds is 4. The molecule has 0 radical (unpaired) electrons. The maximum absolute atomic E-state index is 9.42. The van der Waals surface area contributed by atoms with Gasteiger partial charge in [0.15, 0.2) is 0 Å². The van der Waals surface area contributed by atoms with Gasteiger partial charge in [-0.05, 0) is 54.1 Å². The van der Waals surface area contributed by atoms with Crippen molar-refractivity contribution in [3.05, 3.63) is 188 Å². The quantitative estimate of drug-likeness (QED) is 0.179. The molecule has 0 spiro atoms. The molecule has 51 heavy (non-hydrogen) atoms. The molecule has 0 bridgehead atoms. The Morgan fingerprint density at radius 1 is 0.353 bits per heavy atom. The van der Waals surface area contributed by atoms with Crippen LogP contribution in [0.15, 0.2) is 188 Å². The van der Waals surface area contributed by atoms with Gasteiger partial charge in [0, 0.05) is 43.6 Å². The normalized spacial score (nSPS) is 14.4. The lowest BCUT2D eigenvalue weighted by molar-refractivity contribution is 1.13. The monoisotopic (exact) mass is 658 g/mol. The molecule has 0 fully saturated rings. The molecule has 0 N–H and O–H groups in total. The van der Waals surface area contributed by atoms with E-state index in [9.17, 15) is 2.74 Å². The molecular weight excluding hydrogens is 619 g/mol. The SMILES string of the molecule is [2H]c1c([2H])c([2H])c(-c2c([2H])c([2H])c([2H])c([2H])c2-n2c3ccccc3c3ccc(-n4c5ccccc5c5cccc(-n6c7ccccc7c7ccccc76)c54)cc32)c([2H])c1[2H]. The van der Waals surface area contributed by atoms with Gasteiger partial charge in [0.1, 0.15) is 0 Å². The lowest BCUT2D eigenvalue weighted by Crippen LogP contribution is -2.01. The number of nitrogens with zero attached hydrogens (tertiary/aromatic N) is 3. The van der Waals surface area contributed by atoms with E-state index >= 15 is 0 Å². The van der Waals surface area contributed by atoms with Gasteiger partial charge in [-0.3, -0.25) is 0 Å². The maximum atomic E-state index is 9.42. The van der Waals surface area contributed by atoms with E-state index in [1.54, 1.807) is 4.57 Å². The minimum absolute atomic E-state index is 0.0175. The summed E-state index contributed by atoms with van der Waals surface area (Å²) < 4.78 is 85.6. The summed E-state index contributed by atoms with van der Waals surface area (Å²) in [6, 6.07) is 40.1. The maximum Gasteiger partial charge on any atom is 0.0782 e. The van der Waals surface area contributed by atoms with Crippen molar-refractivity contribution in [2.45, 2.75) is 0 Å². The van der Waals surface area contributed by atoms with Crippen LogP contribution in [-0.2, 0) is 0 Å². The zero-order chi connectivity index (χ0) is 41.3. The van der Waals surface area contributed by atoms with Crippen LogP contribution in [0.3, 0.4) is 0 Å². The second-order valence-corrected chi connectivity index (χ2v) is 12.7. The summed E-state index contributed by atoms with van der Waals surface area (Å²) >= 11 is 0. The topological polar surface area (TPSA) is 14.8 Å². The molecule has 0 amide bonds. The van der Waals surface area contributed by atoms with Gasteiger partial charge >= 0.3 is 0 Å². The Balaban J connectivity index is 1.29. The fourth-order valence-electron chi connectivity index (χ4n) is 8.00. The predicted octanol–water partition coefficient (Wildman–Crippen LogP) is 12.6. The van der Waals surface area contributed by atoms with Gasteiger partial charge in [0.2, 0.25) is 0 Å². The predicted molar refractivity (Wildman–Crippen MR) is 215 cm³/mol. The van der Waals surface area contributed by atoms with Gasteiger partial charge in [-0.15, -0.1) is 0 Å². The summed E-state index contributed by atoms with van der Waals surface area (Å²) in [5, 5.41) is 5.99. The van der Waals surface area contributed by atoms with E-state index in [1.807, 2.05) is 48.5 Å². The Bertz CT molecular complexity index is 3590. The van der Waals surface area contributed by atoms with Gasteiger partial charge in [0.05, 0.1) is 56.8 Å². The molecule has 0 atom stereocenters. The van der Waals surface area contributed by atoms with E-state index in [0.29, 0.717) is 11.0 Å².